The van der Waals surface area contributed by atoms with E-state index in [1.165, 1.54) is 16.7 Å². The van der Waals surface area contributed by atoms with Gasteiger partial charge in [-0.2, -0.15) is 0 Å². The van der Waals surface area contributed by atoms with Crippen molar-refractivity contribution in [2.75, 3.05) is 6.54 Å². The van der Waals surface area contributed by atoms with E-state index >= 15 is 0 Å². The van der Waals surface area contributed by atoms with Crippen LogP contribution in [0.3, 0.4) is 0 Å². The van der Waals surface area contributed by atoms with Crippen LogP contribution in [0.4, 0.5) is 0 Å². The summed E-state index contributed by atoms with van der Waals surface area (Å²) in [6.07, 6.45) is 0.576. The molecular weight excluding hydrogens is 234 g/mol. The van der Waals surface area contributed by atoms with E-state index in [9.17, 15) is 5.11 Å². The quantitative estimate of drug-likeness (QED) is 0.819. The summed E-state index contributed by atoms with van der Waals surface area (Å²) in [4.78, 5) is 0. The van der Waals surface area contributed by atoms with Crippen LogP contribution in [0.25, 0.3) is 0 Å². The van der Waals surface area contributed by atoms with Crippen molar-refractivity contribution in [2.45, 2.75) is 60.1 Å². The summed E-state index contributed by atoms with van der Waals surface area (Å²) in [6.45, 7) is 13.7. The number of rotatable bonds is 6. The van der Waals surface area contributed by atoms with Gasteiger partial charge in [-0.3, -0.25) is 0 Å². The van der Waals surface area contributed by atoms with Gasteiger partial charge in [0.1, 0.15) is 0 Å². The van der Waals surface area contributed by atoms with Crippen molar-refractivity contribution in [1.82, 2.24) is 5.32 Å². The van der Waals surface area contributed by atoms with Crippen LogP contribution in [0.2, 0.25) is 0 Å². The van der Waals surface area contributed by atoms with E-state index in [0.717, 1.165) is 13.0 Å². The molecule has 0 fully saturated rings. The van der Waals surface area contributed by atoms with Gasteiger partial charge in [-0.15, -0.1) is 0 Å². The van der Waals surface area contributed by atoms with Gasteiger partial charge in [0.25, 0.3) is 0 Å². The molecule has 0 aliphatic carbocycles. The molecule has 0 aliphatic heterocycles. The van der Waals surface area contributed by atoms with Gasteiger partial charge in [-0.05, 0) is 50.7 Å². The maximum absolute atomic E-state index is 9.52. The third kappa shape index (κ3) is 5.33. The lowest BCUT2D eigenvalue weighted by Gasteiger charge is -2.29. The zero-order valence-corrected chi connectivity index (χ0v) is 13.2. The number of benzene rings is 1. The lowest BCUT2D eigenvalue weighted by Crippen LogP contribution is -2.33. The minimum absolute atomic E-state index is 0.111. The Morgan fingerprint density at radius 2 is 1.84 bits per heavy atom. The monoisotopic (exact) mass is 263 g/mol. The summed E-state index contributed by atoms with van der Waals surface area (Å²) in [5, 5.41) is 13.1. The average Bonchev–Trinajstić information content (AvgIpc) is 2.27. The number of hydrogen-bond donors (Lipinski definition) is 2. The Kier molecular flexibility index (Phi) is 5.57. The van der Waals surface area contributed by atoms with Gasteiger partial charge < -0.3 is 10.4 Å². The molecule has 0 saturated heterocycles. The highest BCUT2D eigenvalue weighted by atomic mass is 16.3. The zero-order valence-electron chi connectivity index (χ0n) is 13.2. The van der Waals surface area contributed by atoms with E-state index in [-0.39, 0.29) is 11.5 Å². The fraction of sp³-hybridized carbons (Fsp3) is 0.647. The maximum Gasteiger partial charge on any atom is 0.0517 e. The van der Waals surface area contributed by atoms with Crippen molar-refractivity contribution >= 4 is 0 Å². The van der Waals surface area contributed by atoms with Gasteiger partial charge in [0.2, 0.25) is 0 Å². The number of aliphatic hydroxyl groups is 1. The summed E-state index contributed by atoms with van der Waals surface area (Å²) < 4.78 is 0. The molecule has 0 bridgehead atoms. The highest BCUT2D eigenvalue weighted by Gasteiger charge is 2.21. The van der Waals surface area contributed by atoms with E-state index < -0.39 is 0 Å². The van der Waals surface area contributed by atoms with Crippen molar-refractivity contribution in [3.63, 3.8) is 0 Å². The first-order chi connectivity index (χ1) is 8.71. The molecule has 1 rings (SSSR count). The molecule has 2 heteroatoms. The van der Waals surface area contributed by atoms with Crippen LogP contribution in [0.1, 0.15) is 56.8 Å². The van der Waals surface area contributed by atoms with Crippen LogP contribution in [0, 0.1) is 19.3 Å². The van der Waals surface area contributed by atoms with E-state index in [4.69, 9.17) is 0 Å². The number of aryl methyl sites for hydroxylation is 2. The average molecular weight is 263 g/mol. The number of nitrogens with one attached hydrogen (secondary N) is 1. The van der Waals surface area contributed by atoms with Gasteiger partial charge in [0.15, 0.2) is 0 Å². The molecule has 108 valence electrons. The summed E-state index contributed by atoms with van der Waals surface area (Å²) in [6, 6.07) is 6.94. The normalized spacial score (nSPS) is 15.3. The van der Waals surface area contributed by atoms with Crippen molar-refractivity contribution in [2.24, 2.45) is 5.41 Å². The fourth-order valence-corrected chi connectivity index (χ4v) is 2.64. The first kappa shape index (κ1) is 16.2. The molecule has 2 unspecified atom stereocenters. The molecule has 2 N–H and O–H groups in total. The molecule has 2 atom stereocenters. The second-order valence-electron chi connectivity index (χ2n) is 6.68. The number of hydrogen-bond acceptors (Lipinski definition) is 2. The Labute approximate surface area is 118 Å². The van der Waals surface area contributed by atoms with Gasteiger partial charge >= 0.3 is 0 Å². The Bertz CT molecular complexity index is 410. The second-order valence-corrected chi connectivity index (χ2v) is 6.68. The van der Waals surface area contributed by atoms with E-state index in [1.54, 1.807) is 0 Å². The standard InChI is InChI=1S/C17H29NO/c1-12-7-8-13(2)16(9-12)15(4)18-11-17(5,6)10-14(3)19/h7-9,14-15,18-19H,10-11H2,1-6H3. The molecule has 0 radical (unpaired) electrons. The maximum atomic E-state index is 9.52. The molecule has 1 aromatic carbocycles. The smallest absolute Gasteiger partial charge is 0.0517 e. The van der Waals surface area contributed by atoms with Crippen LogP contribution in [0.5, 0.6) is 0 Å². The molecule has 0 aliphatic rings. The fourth-order valence-electron chi connectivity index (χ4n) is 2.64. The van der Waals surface area contributed by atoms with Crippen molar-refractivity contribution in [3.8, 4) is 0 Å². The highest BCUT2D eigenvalue weighted by Crippen LogP contribution is 2.24. The first-order valence-corrected chi connectivity index (χ1v) is 7.20. The molecule has 19 heavy (non-hydrogen) atoms. The van der Waals surface area contributed by atoms with Gasteiger partial charge in [0, 0.05) is 12.6 Å². The summed E-state index contributed by atoms with van der Waals surface area (Å²) >= 11 is 0. The topological polar surface area (TPSA) is 32.3 Å². The largest absolute Gasteiger partial charge is 0.393 e. The molecule has 0 spiro atoms. The first-order valence-electron chi connectivity index (χ1n) is 7.20. The highest BCUT2D eigenvalue weighted by molar-refractivity contribution is 5.32. The third-order valence-electron chi connectivity index (χ3n) is 3.64. The molecular formula is C17H29NO. The minimum atomic E-state index is -0.243. The molecule has 0 amide bonds. The third-order valence-corrected chi connectivity index (χ3v) is 3.64. The van der Waals surface area contributed by atoms with Gasteiger partial charge in [-0.1, -0.05) is 37.6 Å². The van der Waals surface area contributed by atoms with Crippen LogP contribution in [-0.2, 0) is 0 Å². The Morgan fingerprint density at radius 3 is 2.42 bits per heavy atom. The van der Waals surface area contributed by atoms with Crippen molar-refractivity contribution in [3.05, 3.63) is 34.9 Å². The van der Waals surface area contributed by atoms with Gasteiger partial charge in [-0.25, -0.2) is 0 Å². The molecule has 2 nitrogen and oxygen atoms in total. The Hall–Kier alpha value is -0.860. The minimum Gasteiger partial charge on any atom is -0.393 e. The number of aliphatic hydroxyl groups excluding tert-OH is 1. The van der Waals surface area contributed by atoms with Crippen LogP contribution >= 0.6 is 0 Å². The predicted octanol–water partition coefficient (Wildman–Crippen LogP) is 3.75. The van der Waals surface area contributed by atoms with E-state index in [1.807, 2.05) is 6.92 Å². The van der Waals surface area contributed by atoms with Crippen molar-refractivity contribution in [1.29, 1.82) is 0 Å². The SMILES string of the molecule is Cc1ccc(C)c(C(C)NCC(C)(C)CC(C)O)c1. The lowest BCUT2D eigenvalue weighted by molar-refractivity contribution is 0.127. The van der Waals surface area contributed by atoms with E-state index in [2.05, 4.69) is 58.1 Å². The lowest BCUT2D eigenvalue weighted by atomic mass is 9.86. The summed E-state index contributed by atoms with van der Waals surface area (Å²) in [7, 11) is 0. The summed E-state index contributed by atoms with van der Waals surface area (Å²) in [5.74, 6) is 0. The molecule has 0 heterocycles. The van der Waals surface area contributed by atoms with Crippen LogP contribution in [0.15, 0.2) is 18.2 Å². The van der Waals surface area contributed by atoms with E-state index in [0.29, 0.717) is 6.04 Å². The Morgan fingerprint density at radius 1 is 1.21 bits per heavy atom. The van der Waals surface area contributed by atoms with Gasteiger partial charge in [0.05, 0.1) is 6.10 Å². The van der Waals surface area contributed by atoms with Crippen LogP contribution < -0.4 is 5.32 Å². The second kappa shape index (κ2) is 6.53. The van der Waals surface area contributed by atoms with Crippen molar-refractivity contribution < 1.29 is 5.11 Å². The van der Waals surface area contributed by atoms with Crippen LogP contribution in [-0.4, -0.2) is 17.8 Å². The zero-order chi connectivity index (χ0) is 14.6. The molecule has 0 saturated carbocycles. The molecule has 0 aromatic heterocycles. The Balaban J connectivity index is 2.65. The summed E-state index contributed by atoms with van der Waals surface area (Å²) in [5.41, 5.74) is 4.12. The molecule has 1 aromatic rings. The predicted molar refractivity (Wildman–Crippen MR) is 82.4 cm³/mol.